The first-order valence-corrected chi connectivity index (χ1v) is 5.35. The van der Waals surface area contributed by atoms with Gasteiger partial charge in [0.05, 0.1) is 5.69 Å². The molecule has 0 spiro atoms. The van der Waals surface area contributed by atoms with Crippen molar-refractivity contribution < 1.29 is 4.39 Å². The van der Waals surface area contributed by atoms with Crippen LogP contribution in [-0.2, 0) is 6.54 Å². The number of alkyl halides is 1. The first-order chi connectivity index (χ1) is 6.94. The third kappa shape index (κ3) is 3.63. The van der Waals surface area contributed by atoms with Crippen molar-refractivity contribution >= 4 is 0 Å². The van der Waals surface area contributed by atoms with E-state index in [9.17, 15) is 4.39 Å². The Morgan fingerprint density at radius 3 is 2.73 bits per heavy atom. The summed E-state index contributed by atoms with van der Waals surface area (Å²) in [5.41, 5.74) is 0.593. The molecule has 0 radical (unpaired) electrons. The van der Waals surface area contributed by atoms with Gasteiger partial charge in [0.15, 0.2) is 6.17 Å². The summed E-state index contributed by atoms with van der Waals surface area (Å²) in [6.07, 6.45) is 0.648. The SMILES string of the molecule is CCn1nccc1C(F)CNC(C)(C)C. The van der Waals surface area contributed by atoms with Gasteiger partial charge in [-0.2, -0.15) is 5.10 Å². The Morgan fingerprint density at radius 2 is 2.20 bits per heavy atom. The second-order valence-corrected chi connectivity index (χ2v) is 4.67. The molecule has 1 heterocycles. The Morgan fingerprint density at radius 1 is 1.53 bits per heavy atom. The summed E-state index contributed by atoms with van der Waals surface area (Å²) >= 11 is 0. The van der Waals surface area contributed by atoms with E-state index < -0.39 is 6.17 Å². The van der Waals surface area contributed by atoms with Gasteiger partial charge in [0, 0.05) is 24.8 Å². The van der Waals surface area contributed by atoms with Crippen molar-refractivity contribution in [1.29, 1.82) is 0 Å². The molecule has 1 rings (SSSR count). The molecule has 0 fully saturated rings. The van der Waals surface area contributed by atoms with Crippen LogP contribution in [0.3, 0.4) is 0 Å². The van der Waals surface area contributed by atoms with Gasteiger partial charge in [-0.15, -0.1) is 0 Å². The molecule has 3 nitrogen and oxygen atoms in total. The van der Waals surface area contributed by atoms with Crippen molar-refractivity contribution in [1.82, 2.24) is 15.1 Å². The van der Waals surface area contributed by atoms with Crippen LogP contribution in [0.25, 0.3) is 0 Å². The summed E-state index contributed by atoms with van der Waals surface area (Å²) in [6.45, 7) is 9.07. The Hall–Kier alpha value is -0.900. The summed E-state index contributed by atoms with van der Waals surface area (Å²) in [5.74, 6) is 0. The zero-order valence-corrected chi connectivity index (χ0v) is 9.92. The van der Waals surface area contributed by atoms with Crippen molar-refractivity contribution in [3.05, 3.63) is 18.0 Å². The van der Waals surface area contributed by atoms with E-state index in [1.807, 2.05) is 27.7 Å². The molecule has 1 aromatic heterocycles. The molecule has 0 saturated carbocycles. The zero-order chi connectivity index (χ0) is 11.5. The van der Waals surface area contributed by atoms with Crippen LogP contribution in [0.2, 0.25) is 0 Å². The minimum absolute atomic E-state index is 0.0542. The summed E-state index contributed by atoms with van der Waals surface area (Å²) in [4.78, 5) is 0. The molecule has 0 amide bonds. The van der Waals surface area contributed by atoms with Gasteiger partial charge >= 0.3 is 0 Å². The predicted molar refractivity (Wildman–Crippen MR) is 59.5 cm³/mol. The van der Waals surface area contributed by atoms with E-state index in [2.05, 4.69) is 10.4 Å². The highest BCUT2D eigenvalue weighted by molar-refractivity contribution is 5.05. The van der Waals surface area contributed by atoms with Crippen LogP contribution in [0.1, 0.15) is 39.6 Å². The average molecular weight is 213 g/mol. The van der Waals surface area contributed by atoms with Gasteiger partial charge in [0.25, 0.3) is 0 Å². The summed E-state index contributed by atoms with van der Waals surface area (Å²) in [5, 5.41) is 7.19. The summed E-state index contributed by atoms with van der Waals surface area (Å²) in [7, 11) is 0. The molecule has 0 bridgehead atoms. The quantitative estimate of drug-likeness (QED) is 0.831. The number of nitrogens with one attached hydrogen (secondary N) is 1. The monoisotopic (exact) mass is 213 g/mol. The number of aromatic nitrogens is 2. The third-order valence-corrected chi connectivity index (χ3v) is 2.18. The van der Waals surface area contributed by atoms with E-state index in [1.165, 1.54) is 0 Å². The van der Waals surface area contributed by atoms with Crippen molar-refractivity contribution in [2.24, 2.45) is 0 Å². The van der Waals surface area contributed by atoms with Crippen LogP contribution in [0, 0.1) is 0 Å². The minimum atomic E-state index is -0.994. The van der Waals surface area contributed by atoms with Crippen LogP contribution in [0.15, 0.2) is 12.3 Å². The van der Waals surface area contributed by atoms with Gasteiger partial charge in [0.2, 0.25) is 0 Å². The molecule has 0 aliphatic heterocycles. The molecule has 15 heavy (non-hydrogen) atoms. The fraction of sp³-hybridized carbons (Fsp3) is 0.727. The van der Waals surface area contributed by atoms with E-state index in [1.54, 1.807) is 16.9 Å². The lowest BCUT2D eigenvalue weighted by molar-refractivity contribution is 0.277. The molecule has 1 N–H and O–H groups in total. The molecule has 1 unspecified atom stereocenters. The van der Waals surface area contributed by atoms with Crippen molar-refractivity contribution in [2.45, 2.75) is 46.0 Å². The highest BCUT2D eigenvalue weighted by atomic mass is 19.1. The van der Waals surface area contributed by atoms with E-state index in [4.69, 9.17) is 0 Å². The van der Waals surface area contributed by atoms with Gasteiger partial charge in [-0.3, -0.25) is 4.68 Å². The van der Waals surface area contributed by atoms with Crippen LogP contribution in [0.4, 0.5) is 4.39 Å². The lowest BCUT2D eigenvalue weighted by Crippen LogP contribution is -2.38. The smallest absolute Gasteiger partial charge is 0.154 e. The standard InChI is InChI=1S/C11H20FN3/c1-5-15-10(6-7-14-15)9(12)8-13-11(2,3)4/h6-7,9,13H,5,8H2,1-4H3. The number of hydrogen-bond acceptors (Lipinski definition) is 2. The molecular formula is C11H20FN3. The van der Waals surface area contributed by atoms with Crippen LogP contribution < -0.4 is 5.32 Å². The Labute approximate surface area is 90.7 Å². The first kappa shape index (κ1) is 12.2. The highest BCUT2D eigenvalue weighted by Gasteiger charge is 2.17. The predicted octanol–water partition coefficient (Wildman–Crippen LogP) is 2.30. The van der Waals surface area contributed by atoms with Gasteiger partial charge in [-0.25, -0.2) is 4.39 Å². The molecule has 0 saturated heterocycles. The van der Waals surface area contributed by atoms with Gasteiger partial charge < -0.3 is 5.32 Å². The van der Waals surface area contributed by atoms with E-state index in [-0.39, 0.29) is 5.54 Å². The molecule has 1 atom stereocenters. The topological polar surface area (TPSA) is 29.9 Å². The number of aryl methyl sites for hydroxylation is 1. The van der Waals surface area contributed by atoms with Gasteiger partial charge in [-0.05, 0) is 33.8 Å². The summed E-state index contributed by atoms with van der Waals surface area (Å²) < 4.78 is 15.5. The number of rotatable bonds is 4. The van der Waals surface area contributed by atoms with Crippen LogP contribution in [0.5, 0.6) is 0 Å². The molecular weight excluding hydrogens is 193 g/mol. The Bertz CT molecular complexity index is 301. The van der Waals surface area contributed by atoms with E-state index in [0.29, 0.717) is 18.8 Å². The molecule has 0 aliphatic rings. The lowest BCUT2D eigenvalue weighted by Gasteiger charge is -2.22. The Balaban J connectivity index is 2.57. The van der Waals surface area contributed by atoms with E-state index in [0.717, 1.165) is 0 Å². The lowest BCUT2D eigenvalue weighted by atomic mass is 10.1. The normalized spacial score (nSPS) is 14.2. The maximum Gasteiger partial charge on any atom is 0.154 e. The zero-order valence-electron chi connectivity index (χ0n) is 9.92. The molecule has 4 heteroatoms. The van der Waals surface area contributed by atoms with Crippen molar-refractivity contribution in [3.8, 4) is 0 Å². The van der Waals surface area contributed by atoms with Gasteiger partial charge in [0.1, 0.15) is 0 Å². The largest absolute Gasteiger partial charge is 0.309 e. The number of halogens is 1. The second kappa shape index (κ2) is 4.75. The first-order valence-electron chi connectivity index (χ1n) is 5.35. The number of nitrogens with zero attached hydrogens (tertiary/aromatic N) is 2. The van der Waals surface area contributed by atoms with Crippen molar-refractivity contribution in [3.63, 3.8) is 0 Å². The molecule has 86 valence electrons. The second-order valence-electron chi connectivity index (χ2n) is 4.67. The Kier molecular flexibility index (Phi) is 3.85. The number of hydrogen-bond donors (Lipinski definition) is 1. The van der Waals surface area contributed by atoms with E-state index >= 15 is 0 Å². The average Bonchev–Trinajstić information content (AvgIpc) is 2.60. The highest BCUT2D eigenvalue weighted by Crippen LogP contribution is 2.16. The molecule has 0 aliphatic carbocycles. The van der Waals surface area contributed by atoms with Crippen molar-refractivity contribution in [2.75, 3.05) is 6.54 Å². The molecule has 0 aromatic carbocycles. The fourth-order valence-electron chi connectivity index (χ4n) is 1.37. The minimum Gasteiger partial charge on any atom is -0.309 e. The summed E-state index contributed by atoms with van der Waals surface area (Å²) in [6, 6.07) is 1.73. The fourth-order valence-corrected chi connectivity index (χ4v) is 1.37. The van der Waals surface area contributed by atoms with Crippen LogP contribution >= 0.6 is 0 Å². The van der Waals surface area contributed by atoms with Gasteiger partial charge in [-0.1, -0.05) is 0 Å². The maximum absolute atomic E-state index is 13.8. The molecule has 1 aromatic rings. The third-order valence-electron chi connectivity index (χ3n) is 2.18. The maximum atomic E-state index is 13.8. The van der Waals surface area contributed by atoms with Crippen LogP contribution in [-0.4, -0.2) is 21.9 Å².